The van der Waals surface area contributed by atoms with Gasteiger partial charge in [0.1, 0.15) is 0 Å². The summed E-state index contributed by atoms with van der Waals surface area (Å²) in [5, 5.41) is 0. The van der Waals surface area contributed by atoms with Crippen molar-refractivity contribution in [3.05, 3.63) is 10.7 Å². The van der Waals surface area contributed by atoms with Crippen molar-refractivity contribution in [3.8, 4) is 0 Å². The zero-order chi connectivity index (χ0) is 14.9. The molecule has 5 nitrogen and oxygen atoms in total. The zero-order valence-electron chi connectivity index (χ0n) is 11.9. The molecule has 0 saturated carbocycles. The van der Waals surface area contributed by atoms with Crippen molar-refractivity contribution in [3.63, 3.8) is 0 Å². The first-order valence-corrected chi connectivity index (χ1v) is 9.29. The van der Waals surface area contributed by atoms with Gasteiger partial charge in [0.05, 0.1) is 6.20 Å². The van der Waals surface area contributed by atoms with Gasteiger partial charge in [-0.05, 0) is 39.8 Å². The third kappa shape index (κ3) is 3.33. The van der Waals surface area contributed by atoms with E-state index in [0.717, 1.165) is 37.3 Å². The maximum Gasteiger partial charge on any atom is 0.254 e. The fourth-order valence-electron chi connectivity index (χ4n) is 2.46. The molecule has 1 saturated heterocycles. The predicted octanol–water partition coefficient (Wildman–Crippen LogP) is 2.29. The Morgan fingerprint density at radius 3 is 2.50 bits per heavy atom. The lowest BCUT2D eigenvalue weighted by Gasteiger charge is -2.37. The highest BCUT2D eigenvalue weighted by Crippen LogP contribution is 2.28. The number of hydrogen-bond donors (Lipinski definition) is 0. The second-order valence-electron chi connectivity index (χ2n) is 5.31. The van der Waals surface area contributed by atoms with E-state index >= 15 is 0 Å². The highest BCUT2D eigenvalue weighted by atomic mass is 35.5. The van der Waals surface area contributed by atoms with Gasteiger partial charge in [0.2, 0.25) is 0 Å². The molecule has 1 aromatic heterocycles. The molecular formula is C12H20ClN3O2S2. The molecule has 0 bridgehead atoms. The van der Waals surface area contributed by atoms with Gasteiger partial charge in [-0.3, -0.25) is 0 Å². The van der Waals surface area contributed by atoms with E-state index < -0.39 is 10.0 Å². The summed E-state index contributed by atoms with van der Waals surface area (Å²) in [6.07, 6.45) is 3.06. The molecule has 114 valence electrons. The lowest BCUT2D eigenvalue weighted by atomic mass is 10.0. The van der Waals surface area contributed by atoms with Crippen molar-refractivity contribution in [2.24, 2.45) is 0 Å². The Bertz CT molecular complexity index is 551. The van der Waals surface area contributed by atoms with Crippen LogP contribution in [-0.4, -0.2) is 54.8 Å². The number of piperidine rings is 1. The smallest absolute Gasteiger partial charge is 0.254 e. The molecule has 0 aromatic carbocycles. The van der Waals surface area contributed by atoms with Crippen molar-refractivity contribution in [2.75, 3.05) is 20.1 Å². The van der Waals surface area contributed by atoms with Crippen molar-refractivity contribution < 1.29 is 8.42 Å². The van der Waals surface area contributed by atoms with Gasteiger partial charge in [0, 0.05) is 19.1 Å². The molecule has 0 amide bonds. The van der Waals surface area contributed by atoms with Crippen LogP contribution >= 0.6 is 22.9 Å². The number of sulfonamides is 1. The average Bonchev–Trinajstić information content (AvgIpc) is 2.85. The molecule has 20 heavy (non-hydrogen) atoms. The Hall–Kier alpha value is -0.210. The van der Waals surface area contributed by atoms with Crippen LogP contribution in [0.1, 0.15) is 26.7 Å². The van der Waals surface area contributed by atoms with E-state index in [0.29, 0.717) is 6.04 Å². The fourth-order valence-corrected chi connectivity index (χ4v) is 5.36. The quantitative estimate of drug-likeness (QED) is 0.846. The third-order valence-corrected chi connectivity index (χ3v) is 7.29. The summed E-state index contributed by atoms with van der Waals surface area (Å²) >= 11 is 6.74. The molecule has 1 aliphatic heterocycles. The van der Waals surface area contributed by atoms with Crippen LogP contribution in [0, 0.1) is 0 Å². The van der Waals surface area contributed by atoms with Crippen LogP contribution in [0.15, 0.2) is 10.4 Å². The van der Waals surface area contributed by atoms with Crippen LogP contribution in [-0.2, 0) is 10.0 Å². The van der Waals surface area contributed by atoms with Crippen molar-refractivity contribution in [1.82, 2.24) is 14.2 Å². The number of aromatic nitrogens is 1. The maximum absolute atomic E-state index is 12.5. The summed E-state index contributed by atoms with van der Waals surface area (Å²) in [5.74, 6) is 0. The molecule has 1 fully saturated rings. The standard InChI is InChI=1S/C12H20ClN3O2S2/c1-9(2)16-6-4-10(5-7-16)15(3)20(17,18)11-8-14-12(13)19-11/h8-10H,4-7H2,1-3H3. The molecular weight excluding hydrogens is 318 g/mol. The van der Waals surface area contributed by atoms with Gasteiger partial charge in [-0.1, -0.05) is 22.9 Å². The predicted molar refractivity (Wildman–Crippen MR) is 81.8 cm³/mol. The first-order chi connectivity index (χ1) is 9.32. The van der Waals surface area contributed by atoms with Crippen LogP contribution in [0.25, 0.3) is 0 Å². The van der Waals surface area contributed by atoms with Crippen LogP contribution in [0.5, 0.6) is 0 Å². The maximum atomic E-state index is 12.5. The molecule has 1 aliphatic rings. The average molecular weight is 338 g/mol. The van der Waals surface area contributed by atoms with Crippen LogP contribution in [0.4, 0.5) is 0 Å². The molecule has 0 radical (unpaired) electrons. The topological polar surface area (TPSA) is 53.5 Å². The van der Waals surface area contributed by atoms with Crippen LogP contribution < -0.4 is 0 Å². The summed E-state index contributed by atoms with van der Waals surface area (Å²) in [7, 11) is -1.82. The molecule has 2 heterocycles. The lowest BCUT2D eigenvalue weighted by Crippen LogP contribution is -2.47. The minimum absolute atomic E-state index is 0.0517. The Balaban J connectivity index is 2.07. The Morgan fingerprint density at radius 1 is 1.45 bits per heavy atom. The van der Waals surface area contributed by atoms with Gasteiger partial charge in [-0.25, -0.2) is 13.4 Å². The number of thiazole rings is 1. The first-order valence-electron chi connectivity index (χ1n) is 6.66. The second-order valence-corrected chi connectivity index (χ2v) is 9.15. The Morgan fingerprint density at radius 2 is 2.05 bits per heavy atom. The van der Waals surface area contributed by atoms with Gasteiger partial charge < -0.3 is 4.90 Å². The number of halogens is 1. The molecule has 0 N–H and O–H groups in total. The third-order valence-electron chi connectivity index (χ3n) is 3.83. The van der Waals surface area contributed by atoms with Crippen LogP contribution in [0.3, 0.4) is 0 Å². The van der Waals surface area contributed by atoms with E-state index in [1.54, 1.807) is 7.05 Å². The zero-order valence-corrected chi connectivity index (χ0v) is 14.3. The lowest BCUT2D eigenvalue weighted by molar-refractivity contribution is 0.140. The number of rotatable bonds is 4. The minimum atomic E-state index is -3.47. The Kier molecular flexibility index (Phi) is 5.07. The highest BCUT2D eigenvalue weighted by Gasteiger charge is 2.32. The van der Waals surface area contributed by atoms with E-state index in [-0.39, 0.29) is 14.7 Å². The molecule has 2 rings (SSSR count). The van der Waals surface area contributed by atoms with E-state index in [1.165, 1.54) is 10.5 Å². The minimum Gasteiger partial charge on any atom is -0.301 e. The first kappa shape index (κ1) is 16.2. The van der Waals surface area contributed by atoms with Gasteiger partial charge in [-0.15, -0.1) is 0 Å². The van der Waals surface area contributed by atoms with E-state index in [9.17, 15) is 8.42 Å². The van der Waals surface area contributed by atoms with E-state index in [1.807, 2.05) is 0 Å². The monoisotopic (exact) mass is 337 g/mol. The van der Waals surface area contributed by atoms with E-state index in [4.69, 9.17) is 11.6 Å². The second kappa shape index (κ2) is 6.27. The summed E-state index contributed by atoms with van der Waals surface area (Å²) in [6, 6.07) is 0.564. The molecule has 8 heteroatoms. The summed E-state index contributed by atoms with van der Waals surface area (Å²) in [4.78, 5) is 6.19. The van der Waals surface area contributed by atoms with Gasteiger partial charge in [0.15, 0.2) is 8.68 Å². The van der Waals surface area contributed by atoms with Gasteiger partial charge in [-0.2, -0.15) is 4.31 Å². The fraction of sp³-hybridized carbons (Fsp3) is 0.750. The Labute approximate surface area is 129 Å². The summed E-state index contributed by atoms with van der Waals surface area (Å²) in [6.45, 7) is 6.21. The van der Waals surface area contributed by atoms with Gasteiger partial charge in [0.25, 0.3) is 10.0 Å². The number of likely N-dealkylation sites (tertiary alicyclic amines) is 1. The highest BCUT2D eigenvalue weighted by molar-refractivity contribution is 7.91. The van der Waals surface area contributed by atoms with Crippen molar-refractivity contribution in [1.29, 1.82) is 0 Å². The van der Waals surface area contributed by atoms with Crippen molar-refractivity contribution in [2.45, 2.75) is 43.0 Å². The SMILES string of the molecule is CC(C)N1CCC(N(C)S(=O)(=O)c2cnc(Cl)s2)CC1. The summed E-state index contributed by atoms with van der Waals surface area (Å²) < 4.78 is 26.9. The molecule has 1 aromatic rings. The van der Waals surface area contributed by atoms with Gasteiger partial charge >= 0.3 is 0 Å². The number of nitrogens with zero attached hydrogens (tertiary/aromatic N) is 3. The van der Waals surface area contributed by atoms with Crippen molar-refractivity contribution >= 4 is 33.0 Å². The normalized spacial score (nSPS) is 19.1. The number of hydrogen-bond acceptors (Lipinski definition) is 5. The summed E-state index contributed by atoms with van der Waals surface area (Å²) in [5.41, 5.74) is 0. The van der Waals surface area contributed by atoms with Crippen LogP contribution in [0.2, 0.25) is 4.47 Å². The van der Waals surface area contributed by atoms with E-state index in [2.05, 4.69) is 23.7 Å². The molecule has 0 unspecified atom stereocenters. The molecule has 0 spiro atoms. The molecule has 0 atom stereocenters. The molecule has 0 aliphatic carbocycles. The largest absolute Gasteiger partial charge is 0.301 e.